The van der Waals surface area contributed by atoms with Gasteiger partial charge in [-0.05, 0) is 0 Å². The Morgan fingerprint density at radius 1 is 1.20 bits per heavy atom. The fourth-order valence-electron chi connectivity index (χ4n) is 0. The Bertz CT molecular complexity index is 11.6. The second-order valence-corrected chi connectivity index (χ2v) is 0. The van der Waals surface area contributed by atoms with E-state index in [2.05, 4.69) is 0 Å². The maximum absolute atomic E-state index is 8.25. The van der Waals surface area contributed by atoms with Gasteiger partial charge < -0.3 is 0 Å². The van der Waals surface area contributed by atoms with E-state index in [-0.39, 0.29) is 52.1 Å². The van der Waals surface area contributed by atoms with Gasteiger partial charge in [0.1, 0.15) is 0 Å². The van der Waals surface area contributed by atoms with Crippen LogP contribution in [0.2, 0.25) is 0 Å². The summed E-state index contributed by atoms with van der Waals surface area (Å²) in [5.41, 5.74) is 0. The van der Waals surface area contributed by atoms with Crippen molar-refractivity contribution in [1.82, 2.24) is 0 Å². The standard InChI is InChI=1S/Co.Li.Ni.O.Ti.H. The summed E-state index contributed by atoms with van der Waals surface area (Å²) in [6.07, 6.45) is 0. The normalized spacial score (nSPS) is 0.600. The minimum absolute atomic E-state index is 0. The van der Waals surface area contributed by atoms with Crippen LogP contribution in [-0.4, -0.2) is 18.9 Å². The first kappa shape index (κ1) is 27.4. The average Bonchev–Trinajstić information content (AvgIpc) is 1.00. The summed E-state index contributed by atoms with van der Waals surface area (Å²) >= 11 is 0.750. The van der Waals surface area contributed by atoms with Crippen LogP contribution in [0.3, 0.4) is 0 Å². The zero-order chi connectivity index (χ0) is 2.00. The molecule has 0 unspecified atom stereocenters. The van der Waals surface area contributed by atoms with Crippen molar-refractivity contribution in [2.75, 3.05) is 0 Å². The van der Waals surface area contributed by atoms with Gasteiger partial charge in [-0.15, -0.1) is 0 Å². The molecule has 0 fully saturated rings. The summed E-state index contributed by atoms with van der Waals surface area (Å²) in [4.78, 5) is 0. The monoisotopic (exact) mass is 189 g/mol. The zero-order valence-electron chi connectivity index (χ0n) is 1.56. The first-order valence-electron chi connectivity index (χ1n) is 0.204. The molecule has 1 nitrogen and oxygen atoms in total. The summed E-state index contributed by atoms with van der Waals surface area (Å²) < 4.78 is 8.25. The molecule has 0 aromatic carbocycles. The number of hydrogen-bond acceptors (Lipinski definition) is 1. The van der Waals surface area contributed by atoms with Crippen LogP contribution < -0.4 is 0 Å². The van der Waals surface area contributed by atoms with Crippen LogP contribution in [0.5, 0.6) is 0 Å². The van der Waals surface area contributed by atoms with Gasteiger partial charge in [0.05, 0.1) is 0 Å². The van der Waals surface area contributed by atoms with Crippen molar-refractivity contribution in [3.8, 4) is 0 Å². The van der Waals surface area contributed by atoms with E-state index in [0.29, 0.717) is 0 Å². The molecule has 0 rings (SSSR count). The fraction of sp³-hybridized carbons (Fsp3) is 0. The van der Waals surface area contributed by atoms with Gasteiger partial charge in [-0.2, -0.15) is 0 Å². The Kier molecular flexibility index (Phi) is 197. The maximum atomic E-state index is 8.25. The quantitative estimate of drug-likeness (QED) is 0.457. The summed E-state index contributed by atoms with van der Waals surface area (Å²) in [5, 5.41) is 0. The molecule has 0 heterocycles. The van der Waals surface area contributed by atoms with Crippen molar-refractivity contribution in [2.24, 2.45) is 0 Å². The molecular formula is HCoLiNiOTi. The third-order valence-corrected chi connectivity index (χ3v) is 0. The van der Waals surface area contributed by atoms with Gasteiger partial charge in [-0.3, -0.25) is 0 Å². The molecule has 5 heavy (non-hydrogen) atoms. The van der Waals surface area contributed by atoms with Gasteiger partial charge in [0, 0.05) is 33.3 Å². The first-order chi connectivity index (χ1) is 1.00. The molecule has 0 bridgehead atoms. The Hall–Kier alpha value is 2.11. The van der Waals surface area contributed by atoms with E-state index in [1.807, 2.05) is 0 Å². The Morgan fingerprint density at radius 2 is 1.20 bits per heavy atom. The van der Waals surface area contributed by atoms with E-state index in [0.717, 1.165) is 20.4 Å². The molecule has 0 aliphatic heterocycles. The molecule has 1 radical (unpaired) electrons. The second-order valence-electron chi connectivity index (χ2n) is 0. The van der Waals surface area contributed by atoms with Crippen LogP contribution in [0.15, 0.2) is 0 Å². The molecule has 0 spiro atoms. The van der Waals surface area contributed by atoms with E-state index < -0.39 is 0 Å². The van der Waals surface area contributed by atoms with E-state index in [9.17, 15) is 0 Å². The third-order valence-electron chi connectivity index (χ3n) is 0. The molecule has 0 atom stereocenters. The fourth-order valence-corrected chi connectivity index (χ4v) is 0. The van der Waals surface area contributed by atoms with E-state index in [1.54, 1.807) is 0 Å². The van der Waals surface area contributed by atoms with Gasteiger partial charge in [0.15, 0.2) is 0 Å². The molecular weight excluding hydrogens is 188 g/mol. The third kappa shape index (κ3) is 23.2. The predicted octanol–water partition coefficient (Wildman–Crippen LogP) is -0.775. The van der Waals surface area contributed by atoms with Gasteiger partial charge in [0.2, 0.25) is 0 Å². The van der Waals surface area contributed by atoms with E-state index >= 15 is 0 Å². The Labute approximate surface area is 75.1 Å². The Balaban J connectivity index is -0.00000000167. The molecule has 0 aliphatic rings. The molecule has 5 heteroatoms. The summed E-state index contributed by atoms with van der Waals surface area (Å²) in [6.45, 7) is 0. The minimum atomic E-state index is 0. The topological polar surface area (TPSA) is 17.1 Å². The zero-order valence-corrected chi connectivity index (χ0v) is 5.15. The molecule has 0 aromatic heterocycles. The molecule has 0 amide bonds. The van der Waals surface area contributed by atoms with Crippen LogP contribution >= 0.6 is 0 Å². The second kappa shape index (κ2) is 35.8. The van der Waals surface area contributed by atoms with Crippen LogP contribution in [0.4, 0.5) is 0 Å². The van der Waals surface area contributed by atoms with Gasteiger partial charge in [0.25, 0.3) is 0 Å². The van der Waals surface area contributed by atoms with Gasteiger partial charge in [-0.1, -0.05) is 0 Å². The van der Waals surface area contributed by atoms with Crippen LogP contribution in [0.1, 0.15) is 0 Å². The summed E-state index contributed by atoms with van der Waals surface area (Å²) in [7, 11) is 0. The van der Waals surface area contributed by atoms with Crippen molar-refractivity contribution >= 4 is 18.9 Å². The number of rotatable bonds is 0. The van der Waals surface area contributed by atoms with Crippen molar-refractivity contribution in [3.63, 3.8) is 0 Å². The van der Waals surface area contributed by atoms with Crippen LogP contribution in [0, 0.1) is 0 Å². The molecule has 0 N–H and O–H groups in total. The molecule has 0 aromatic rings. The van der Waals surface area contributed by atoms with Crippen LogP contribution in [0.25, 0.3) is 0 Å². The van der Waals surface area contributed by atoms with Crippen molar-refractivity contribution < 1.29 is 57.0 Å². The number of hydrogen-bond donors (Lipinski definition) is 0. The van der Waals surface area contributed by atoms with Crippen molar-refractivity contribution in [3.05, 3.63) is 0 Å². The molecule has 0 saturated carbocycles. The first-order valence-corrected chi connectivity index (χ1v) is 0.842. The molecule has 0 aliphatic carbocycles. The average molecular weight is 189 g/mol. The van der Waals surface area contributed by atoms with Crippen molar-refractivity contribution in [2.45, 2.75) is 0 Å². The Morgan fingerprint density at radius 3 is 1.20 bits per heavy atom. The molecule has 31 valence electrons. The van der Waals surface area contributed by atoms with Crippen molar-refractivity contribution in [1.29, 1.82) is 0 Å². The van der Waals surface area contributed by atoms with Gasteiger partial charge in [-0.25, -0.2) is 0 Å². The van der Waals surface area contributed by atoms with E-state index in [1.165, 1.54) is 0 Å². The SMILES string of the molecule is [Co].[LiH].[Ni].[O]=[Ti]. The molecule has 0 saturated heterocycles. The van der Waals surface area contributed by atoms with Gasteiger partial charge >= 0.3 is 42.6 Å². The summed E-state index contributed by atoms with van der Waals surface area (Å²) in [5.74, 6) is 0. The predicted molar refractivity (Wildman–Crippen MR) is 7.84 cm³/mol. The summed E-state index contributed by atoms with van der Waals surface area (Å²) in [6, 6.07) is 0. The van der Waals surface area contributed by atoms with E-state index in [4.69, 9.17) is 3.32 Å². The van der Waals surface area contributed by atoms with Crippen LogP contribution in [-0.2, 0) is 57.0 Å².